The first-order valence-corrected chi connectivity index (χ1v) is 12.6. The third kappa shape index (κ3) is 6.72. The van der Waals surface area contributed by atoms with E-state index in [1.165, 1.54) is 10.9 Å². The number of aromatic nitrogens is 2. The molecule has 1 aromatic heterocycles. The zero-order valence-corrected chi connectivity index (χ0v) is 22.7. The molecule has 0 saturated carbocycles. The maximum absolute atomic E-state index is 13.7. The zero-order valence-electron chi connectivity index (χ0n) is 21.2. The predicted octanol–water partition coefficient (Wildman–Crippen LogP) is 5.68. The van der Waals surface area contributed by atoms with E-state index >= 15 is 0 Å². The van der Waals surface area contributed by atoms with Crippen LogP contribution in [0.3, 0.4) is 0 Å². The number of aryl methyl sites for hydroxylation is 1. The van der Waals surface area contributed by atoms with E-state index in [-0.39, 0.29) is 17.3 Å². The van der Waals surface area contributed by atoms with Crippen LogP contribution in [-0.2, 0) is 0 Å². The quantitative estimate of drug-likeness (QED) is 0.278. The highest BCUT2D eigenvalue weighted by Crippen LogP contribution is 2.30. The van der Waals surface area contributed by atoms with Crippen LogP contribution in [0.5, 0.6) is 11.5 Å². The van der Waals surface area contributed by atoms with Crippen LogP contribution in [0.1, 0.15) is 15.9 Å². The molecule has 196 valence electrons. The van der Waals surface area contributed by atoms with Gasteiger partial charge in [-0.1, -0.05) is 47.0 Å². The summed E-state index contributed by atoms with van der Waals surface area (Å²) in [5.41, 5.74) is 2.15. The van der Waals surface area contributed by atoms with Crippen molar-refractivity contribution in [1.82, 2.24) is 20.0 Å². The molecular weight excluding hydrogens is 525 g/mol. The Balaban J connectivity index is 1.70. The molecule has 4 aromatic rings. The van der Waals surface area contributed by atoms with Crippen LogP contribution < -0.4 is 20.9 Å². The van der Waals surface area contributed by atoms with Crippen LogP contribution in [0, 0.1) is 6.92 Å². The minimum atomic E-state index is -0.478. The molecule has 1 heterocycles. The third-order valence-electron chi connectivity index (χ3n) is 5.58. The van der Waals surface area contributed by atoms with Crippen molar-refractivity contribution in [3.05, 3.63) is 104 Å². The molecule has 0 aliphatic carbocycles. The summed E-state index contributed by atoms with van der Waals surface area (Å²) in [6.07, 6.45) is 1.45. The highest BCUT2D eigenvalue weighted by Gasteiger charge is 2.17. The topological polar surface area (TPSA) is 88.5 Å². The number of hydrogen-bond donors (Lipinski definition) is 2. The molecule has 38 heavy (non-hydrogen) atoms. The van der Waals surface area contributed by atoms with E-state index in [9.17, 15) is 9.59 Å². The molecule has 0 spiro atoms. The highest BCUT2D eigenvalue weighted by atomic mass is 35.5. The summed E-state index contributed by atoms with van der Waals surface area (Å²) in [5, 5.41) is 11.0. The molecule has 0 aliphatic rings. The van der Waals surface area contributed by atoms with Gasteiger partial charge in [-0.05, 0) is 69.6 Å². The largest absolute Gasteiger partial charge is 0.453 e. The average molecular weight is 552 g/mol. The number of rotatable bonds is 9. The number of likely N-dealkylation sites (N-methyl/N-ethyl adjacent to an activating group) is 1. The van der Waals surface area contributed by atoms with Crippen LogP contribution >= 0.6 is 23.2 Å². The van der Waals surface area contributed by atoms with E-state index in [0.717, 1.165) is 5.56 Å². The number of ether oxygens (including phenoxy) is 1. The fourth-order valence-electron chi connectivity index (χ4n) is 3.54. The van der Waals surface area contributed by atoms with E-state index in [4.69, 9.17) is 27.9 Å². The highest BCUT2D eigenvalue weighted by molar-refractivity contribution is 6.42. The molecule has 8 nitrogen and oxygen atoms in total. The Morgan fingerprint density at radius 1 is 1.03 bits per heavy atom. The molecule has 0 bridgehead atoms. The van der Waals surface area contributed by atoms with Crippen LogP contribution in [0.2, 0.25) is 10.0 Å². The fraction of sp³-hybridized carbons (Fsp3) is 0.179. The van der Waals surface area contributed by atoms with Crippen LogP contribution in [0.4, 0.5) is 11.4 Å². The van der Waals surface area contributed by atoms with Gasteiger partial charge in [0, 0.05) is 24.3 Å². The zero-order chi connectivity index (χ0) is 27.2. The number of benzene rings is 3. The summed E-state index contributed by atoms with van der Waals surface area (Å²) in [7, 11) is 3.87. The van der Waals surface area contributed by atoms with Gasteiger partial charge in [-0.15, -0.1) is 0 Å². The lowest BCUT2D eigenvalue weighted by Crippen LogP contribution is -2.31. The SMILES string of the molecule is Cc1ccc(Oc2cnn(-c3ccc(Cl)c(Cl)c3)c(=O)c2Nc2cccc(C(=O)NCCN(C)C)c2)cc1. The van der Waals surface area contributed by atoms with Crippen molar-refractivity contribution in [2.75, 3.05) is 32.5 Å². The van der Waals surface area contributed by atoms with Crippen molar-refractivity contribution in [1.29, 1.82) is 0 Å². The number of hydrogen-bond acceptors (Lipinski definition) is 6. The lowest BCUT2D eigenvalue weighted by Gasteiger charge is -2.15. The van der Waals surface area contributed by atoms with Crippen LogP contribution in [-0.4, -0.2) is 47.8 Å². The molecule has 0 radical (unpaired) electrons. The summed E-state index contributed by atoms with van der Waals surface area (Å²) in [5.74, 6) is 0.548. The second kappa shape index (κ2) is 12.1. The Bertz CT molecular complexity index is 1500. The van der Waals surface area contributed by atoms with E-state index in [0.29, 0.717) is 45.8 Å². The van der Waals surface area contributed by atoms with E-state index < -0.39 is 5.56 Å². The number of halogens is 2. The molecule has 3 aromatic carbocycles. The maximum Gasteiger partial charge on any atom is 0.299 e. The van der Waals surface area contributed by atoms with Crippen molar-refractivity contribution in [2.24, 2.45) is 0 Å². The number of nitrogens with zero attached hydrogens (tertiary/aromatic N) is 3. The van der Waals surface area contributed by atoms with Gasteiger partial charge >= 0.3 is 0 Å². The van der Waals surface area contributed by atoms with Gasteiger partial charge in [-0.25, -0.2) is 0 Å². The Hall–Kier alpha value is -3.85. The Kier molecular flexibility index (Phi) is 8.68. The molecule has 0 unspecified atom stereocenters. The summed E-state index contributed by atoms with van der Waals surface area (Å²) in [6, 6.07) is 19.1. The Morgan fingerprint density at radius 2 is 1.79 bits per heavy atom. The van der Waals surface area contributed by atoms with E-state index in [1.807, 2.05) is 50.2 Å². The lowest BCUT2D eigenvalue weighted by atomic mass is 10.2. The summed E-state index contributed by atoms with van der Waals surface area (Å²) < 4.78 is 7.23. The fourth-order valence-corrected chi connectivity index (χ4v) is 3.83. The Labute approximate surface area is 230 Å². The molecule has 0 aliphatic heterocycles. The third-order valence-corrected chi connectivity index (χ3v) is 6.32. The Morgan fingerprint density at radius 3 is 2.50 bits per heavy atom. The van der Waals surface area contributed by atoms with Crippen molar-refractivity contribution >= 4 is 40.5 Å². The number of anilines is 2. The first kappa shape index (κ1) is 27.2. The number of amides is 1. The van der Waals surface area contributed by atoms with Gasteiger partial charge in [0.15, 0.2) is 11.4 Å². The first-order valence-electron chi connectivity index (χ1n) is 11.8. The lowest BCUT2D eigenvalue weighted by molar-refractivity contribution is 0.0951. The molecular formula is C28H27Cl2N5O3. The van der Waals surface area contributed by atoms with Crippen molar-refractivity contribution in [2.45, 2.75) is 6.92 Å². The molecule has 2 N–H and O–H groups in total. The smallest absolute Gasteiger partial charge is 0.299 e. The van der Waals surface area contributed by atoms with Gasteiger partial charge < -0.3 is 20.3 Å². The minimum absolute atomic E-state index is 0.136. The number of nitrogens with one attached hydrogen (secondary N) is 2. The summed E-state index contributed by atoms with van der Waals surface area (Å²) in [6.45, 7) is 3.20. The molecule has 0 atom stereocenters. The van der Waals surface area contributed by atoms with Crippen LogP contribution in [0.25, 0.3) is 5.69 Å². The van der Waals surface area contributed by atoms with Gasteiger partial charge in [0.2, 0.25) is 0 Å². The summed E-state index contributed by atoms with van der Waals surface area (Å²) in [4.78, 5) is 28.3. The van der Waals surface area contributed by atoms with Gasteiger partial charge in [0.25, 0.3) is 11.5 Å². The van der Waals surface area contributed by atoms with Crippen LogP contribution in [0.15, 0.2) is 77.7 Å². The minimum Gasteiger partial charge on any atom is -0.453 e. The summed E-state index contributed by atoms with van der Waals surface area (Å²) >= 11 is 12.2. The molecule has 4 rings (SSSR count). The maximum atomic E-state index is 13.7. The van der Waals surface area contributed by atoms with E-state index in [2.05, 4.69) is 15.7 Å². The normalized spacial score (nSPS) is 10.9. The molecule has 10 heteroatoms. The number of carbonyl (C=O) groups is 1. The molecule has 0 fully saturated rings. The van der Waals surface area contributed by atoms with Crippen molar-refractivity contribution in [3.8, 4) is 17.2 Å². The first-order chi connectivity index (χ1) is 18.2. The van der Waals surface area contributed by atoms with Gasteiger partial charge in [-0.3, -0.25) is 9.59 Å². The van der Waals surface area contributed by atoms with Crippen molar-refractivity contribution < 1.29 is 9.53 Å². The number of carbonyl (C=O) groups excluding carboxylic acids is 1. The molecule has 1 amide bonds. The van der Waals surface area contributed by atoms with Crippen molar-refractivity contribution in [3.63, 3.8) is 0 Å². The van der Waals surface area contributed by atoms with Gasteiger partial charge in [0.05, 0.1) is 21.9 Å². The standard InChI is InChI=1S/C28H27Cl2N5O3/c1-18-7-10-22(11-8-18)38-25-17-32-35(21-9-12-23(29)24(30)16-21)28(37)26(25)33-20-6-4-5-19(15-20)27(36)31-13-14-34(2)3/h4-12,15-17,33H,13-14H2,1-3H3,(H,31,36). The second-order valence-electron chi connectivity index (χ2n) is 8.88. The predicted molar refractivity (Wildman–Crippen MR) is 152 cm³/mol. The average Bonchev–Trinajstić information content (AvgIpc) is 2.89. The molecule has 0 saturated heterocycles. The second-order valence-corrected chi connectivity index (χ2v) is 9.69. The monoisotopic (exact) mass is 551 g/mol. The van der Waals surface area contributed by atoms with E-state index in [1.54, 1.807) is 42.5 Å². The van der Waals surface area contributed by atoms with Gasteiger partial charge in [0.1, 0.15) is 5.75 Å². The van der Waals surface area contributed by atoms with Gasteiger partial charge in [-0.2, -0.15) is 9.78 Å².